The van der Waals surface area contributed by atoms with Gasteiger partial charge >= 0.3 is 0 Å². The average Bonchev–Trinajstić information content (AvgIpc) is 3.30. The van der Waals surface area contributed by atoms with Crippen LogP contribution in [0.2, 0.25) is 0 Å². The van der Waals surface area contributed by atoms with Crippen LogP contribution in [0, 0.1) is 5.92 Å². The van der Waals surface area contributed by atoms with Crippen molar-refractivity contribution in [1.29, 1.82) is 0 Å². The topological polar surface area (TPSA) is 67.1 Å². The van der Waals surface area contributed by atoms with Crippen LogP contribution in [0.4, 0.5) is 0 Å². The van der Waals surface area contributed by atoms with Gasteiger partial charge in [0, 0.05) is 42.4 Å². The van der Waals surface area contributed by atoms with Crippen LogP contribution in [-0.4, -0.2) is 43.8 Å². The Balaban J connectivity index is 1.20. The van der Waals surface area contributed by atoms with Gasteiger partial charge in [0.1, 0.15) is 17.0 Å². The number of allylic oxidation sites excluding steroid dienone is 2. The zero-order valence-electron chi connectivity index (χ0n) is 22.9. The molecule has 4 aromatic rings. The van der Waals surface area contributed by atoms with Gasteiger partial charge in [0.2, 0.25) is 0 Å². The second-order valence-electron chi connectivity index (χ2n) is 10.8. The quantitative estimate of drug-likeness (QED) is 0.0841. The van der Waals surface area contributed by atoms with Crippen LogP contribution in [0.1, 0.15) is 36.0 Å². The maximum absolute atomic E-state index is 12.0. The number of aliphatic imine (C=N–C) groups is 1. The Bertz CT molecular complexity index is 1590. The molecule has 6 nitrogen and oxygen atoms in total. The summed E-state index contributed by atoms with van der Waals surface area (Å²) in [6, 6.07) is 22.8. The number of nitrogens with one attached hydrogen (secondary N) is 1. The highest BCUT2D eigenvalue weighted by molar-refractivity contribution is 6.05. The van der Waals surface area contributed by atoms with E-state index in [9.17, 15) is 4.79 Å². The van der Waals surface area contributed by atoms with E-state index in [0.29, 0.717) is 18.2 Å². The van der Waals surface area contributed by atoms with Crippen LogP contribution >= 0.6 is 0 Å². The second kappa shape index (κ2) is 11.9. The number of nitrogens with zero attached hydrogens (tertiary/aromatic N) is 2. The van der Waals surface area contributed by atoms with Gasteiger partial charge in [-0.15, -0.1) is 0 Å². The Morgan fingerprint density at radius 2 is 1.77 bits per heavy atom. The molecule has 0 atom stereocenters. The largest absolute Gasteiger partial charge is 0.456 e. The molecule has 1 aliphatic carbocycles. The van der Waals surface area contributed by atoms with Gasteiger partial charge in [0.25, 0.3) is 0 Å². The van der Waals surface area contributed by atoms with E-state index < -0.39 is 0 Å². The van der Waals surface area contributed by atoms with Crippen molar-refractivity contribution in [2.24, 2.45) is 10.9 Å². The monoisotopic (exact) mass is 533 g/mol. The van der Waals surface area contributed by atoms with Crippen molar-refractivity contribution in [1.82, 2.24) is 10.2 Å². The van der Waals surface area contributed by atoms with Gasteiger partial charge < -0.3 is 19.4 Å². The number of hydrogen-bond donors (Lipinski definition) is 1. The lowest BCUT2D eigenvalue weighted by molar-refractivity contribution is -0.105. The van der Waals surface area contributed by atoms with Gasteiger partial charge in [-0.3, -0.25) is 4.79 Å². The summed E-state index contributed by atoms with van der Waals surface area (Å²) in [5.41, 5.74) is 7.08. The van der Waals surface area contributed by atoms with Crippen molar-refractivity contribution in [2.45, 2.75) is 32.2 Å². The lowest BCUT2D eigenvalue weighted by atomic mass is 9.92. The highest BCUT2D eigenvalue weighted by Gasteiger charge is 2.19. The number of likely N-dealkylation sites (N-methyl/N-ethyl adjacent to an activating group) is 1. The van der Waals surface area contributed by atoms with Gasteiger partial charge in [-0.25, -0.2) is 4.99 Å². The molecule has 3 aromatic carbocycles. The molecule has 0 amide bonds. The lowest BCUT2D eigenvalue weighted by Crippen LogP contribution is -2.29. The number of fused-ring (bicyclic) bond motifs is 3. The molecule has 40 heavy (non-hydrogen) atoms. The number of hydrogen-bond acceptors (Lipinski definition) is 5. The minimum Gasteiger partial charge on any atom is -0.456 e. The zero-order valence-corrected chi connectivity index (χ0v) is 22.9. The van der Waals surface area contributed by atoms with Crippen LogP contribution in [0.5, 0.6) is 0 Å². The molecule has 0 radical (unpaired) electrons. The van der Waals surface area contributed by atoms with Crippen molar-refractivity contribution < 1.29 is 13.9 Å². The molecule has 2 heterocycles. The molecule has 1 aromatic heterocycles. The van der Waals surface area contributed by atoms with E-state index in [0.717, 1.165) is 71.4 Å². The van der Waals surface area contributed by atoms with E-state index in [2.05, 4.69) is 59.7 Å². The van der Waals surface area contributed by atoms with E-state index in [-0.39, 0.29) is 0 Å². The summed E-state index contributed by atoms with van der Waals surface area (Å²) >= 11 is 0. The Kier molecular flexibility index (Phi) is 7.78. The molecular formula is C34H35N3O3. The Hall–Kier alpha value is -4.16. The first-order chi connectivity index (χ1) is 19.7. The fourth-order valence-electron chi connectivity index (χ4n) is 5.19. The summed E-state index contributed by atoms with van der Waals surface area (Å²) in [5, 5.41) is 5.42. The first-order valence-electron chi connectivity index (χ1n) is 14.1. The van der Waals surface area contributed by atoms with Gasteiger partial charge in [-0.2, -0.15) is 0 Å². The minimum absolute atomic E-state index is 0.432. The van der Waals surface area contributed by atoms with Crippen LogP contribution in [-0.2, 0) is 22.5 Å². The number of ether oxygens (including phenoxy) is 1. The molecule has 0 spiro atoms. The molecule has 1 saturated heterocycles. The predicted molar refractivity (Wildman–Crippen MR) is 160 cm³/mol. The van der Waals surface area contributed by atoms with Crippen molar-refractivity contribution >= 4 is 34.1 Å². The number of benzene rings is 3. The molecular weight excluding hydrogens is 498 g/mol. The van der Waals surface area contributed by atoms with Crippen molar-refractivity contribution in [3.05, 3.63) is 107 Å². The van der Waals surface area contributed by atoms with E-state index in [1.165, 1.54) is 30.4 Å². The van der Waals surface area contributed by atoms with Gasteiger partial charge in [-0.05, 0) is 55.0 Å². The summed E-state index contributed by atoms with van der Waals surface area (Å²) in [6.45, 7) is 2.99. The highest BCUT2D eigenvalue weighted by Crippen LogP contribution is 2.29. The summed E-state index contributed by atoms with van der Waals surface area (Å²) in [4.78, 5) is 19.0. The highest BCUT2D eigenvalue weighted by atomic mass is 16.5. The Morgan fingerprint density at radius 3 is 2.50 bits per heavy atom. The number of furan rings is 1. The zero-order chi connectivity index (χ0) is 27.3. The third-order valence-corrected chi connectivity index (χ3v) is 7.85. The fourth-order valence-corrected chi connectivity index (χ4v) is 5.19. The third-order valence-electron chi connectivity index (χ3n) is 7.85. The van der Waals surface area contributed by atoms with Crippen LogP contribution in [0.25, 0.3) is 21.9 Å². The standard InChI is InChI=1S/C34H35N3O3/c1-37(16-15-24-5-4-6-24)34(28-12-9-25(10-13-28)17-27-22-39-23-27)36-20-29(21-38)35-19-26-11-14-33-31(18-26)30-7-2-3-8-32(30)40-33/h2-3,7-15,18,20-21,27,35H,4-6,16-17,19,22-23H2,1H3/b29-20+,36-34?. The fraction of sp³-hybridized carbons (Fsp3) is 0.294. The molecule has 6 rings (SSSR count). The SMILES string of the molecule is CN(CC=C1CCC1)C(=N/C=C(\C=O)NCc1ccc2oc3ccccc3c2c1)c1ccc(CC2COC2)cc1. The maximum atomic E-state index is 12.0. The third kappa shape index (κ3) is 5.87. The average molecular weight is 534 g/mol. The minimum atomic E-state index is 0.432. The summed E-state index contributed by atoms with van der Waals surface area (Å²) in [5.74, 6) is 1.45. The molecule has 1 N–H and O–H groups in total. The number of carbonyl (C=O) groups is 1. The van der Waals surface area contributed by atoms with Crippen molar-refractivity contribution in [3.8, 4) is 0 Å². The number of carbonyl (C=O) groups excluding carboxylic acids is 1. The van der Waals surface area contributed by atoms with Crippen LogP contribution in [0.3, 0.4) is 0 Å². The van der Waals surface area contributed by atoms with Gasteiger partial charge in [0.15, 0.2) is 6.29 Å². The molecule has 0 bridgehead atoms. The van der Waals surface area contributed by atoms with Crippen LogP contribution in [0.15, 0.2) is 99.7 Å². The second-order valence-corrected chi connectivity index (χ2v) is 10.8. The molecule has 2 aliphatic rings. The number of aldehydes is 1. The Morgan fingerprint density at radius 1 is 1.00 bits per heavy atom. The normalized spacial score (nSPS) is 16.1. The number of para-hydroxylation sites is 1. The molecule has 0 unspecified atom stereocenters. The summed E-state index contributed by atoms with van der Waals surface area (Å²) in [7, 11) is 2.06. The van der Waals surface area contributed by atoms with Crippen molar-refractivity contribution in [2.75, 3.05) is 26.8 Å². The van der Waals surface area contributed by atoms with E-state index in [4.69, 9.17) is 14.1 Å². The van der Waals surface area contributed by atoms with E-state index in [1.54, 1.807) is 6.20 Å². The first kappa shape index (κ1) is 26.1. The summed E-state index contributed by atoms with van der Waals surface area (Å²) < 4.78 is 11.3. The first-order valence-corrected chi connectivity index (χ1v) is 14.1. The maximum Gasteiger partial charge on any atom is 0.167 e. The predicted octanol–water partition coefficient (Wildman–Crippen LogP) is 6.39. The van der Waals surface area contributed by atoms with Crippen molar-refractivity contribution in [3.63, 3.8) is 0 Å². The molecule has 1 aliphatic heterocycles. The molecule has 204 valence electrons. The summed E-state index contributed by atoms with van der Waals surface area (Å²) in [6.07, 6.45) is 9.48. The number of rotatable bonds is 10. The van der Waals surface area contributed by atoms with Gasteiger partial charge in [-0.1, -0.05) is 60.2 Å². The number of amidine groups is 1. The van der Waals surface area contributed by atoms with E-state index in [1.807, 2.05) is 30.3 Å². The molecule has 1 saturated carbocycles. The van der Waals surface area contributed by atoms with Gasteiger partial charge in [0.05, 0.1) is 25.1 Å². The van der Waals surface area contributed by atoms with E-state index >= 15 is 0 Å². The van der Waals surface area contributed by atoms with Crippen LogP contribution < -0.4 is 5.32 Å². The lowest BCUT2D eigenvalue weighted by Gasteiger charge is -2.26. The molecule has 2 fully saturated rings. The Labute approximate surface area is 235 Å². The molecule has 6 heteroatoms. The smallest absolute Gasteiger partial charge is 0.167 e.